The van der Waals surface area contributed by atoms with Crippen LogP contribution in [-0.4, -0.2) is 70.6 Å². The Morgan fingerprint density at radius 2 is 1.83 bits per heavy atom. The summed E-state index contributed by atoms with van der Waals surface area (Å²) in [7, 11) is 0. The molecule has 29 heavy (non-hydrogen) atoms. The minimum atomic E-state index is 0.0346. The van der Waals surface area contributed by atoms with Gasteiger partial charge in [0.1, 0.15) is 11.5 Å². The maximum Gasteiger partial charge on any atom is 0.272 e. The van der Waals surface area contributed by atoms with Crippen molar-refractivity contribution < 1.29 is 9.53 Å². The molecule has 0 spiro atoms. The van der Waals surface area contributed by atoms with Crippen molar-refractivity contribution in [2.45, 2.75) is 77.4 Å². The monoisotopic (exact) mass is 400 g/mol. The van der Waals surface area contributed by atoms with Crippen LogP contribution >= 0.6 is 0 Å². The van der Waals surface area contributed by atoms with Gasteiger partial charge in [0.05, 0.1) is 6.10 Å². The molecule has 6 nitrogen and oxygen atoms in total. The van der Waals surface area contributed by atoms with Crippen LogP contribution in [0.25, 0.3) is 0 Å². The summed E-state index contributed by atoms with van der Waals surface area (Å²) in [5.74, 6) is 1.27. The molecule has 1 saturated carbocycles. The van der Waals surface area contributed by atoms with Gasteiger partial charge in [0.15, 0.2) is 0 Å². The average Bonchev–Trinajstić information content (AvgIpc) is 3.41. The molecule has 6 heteroatoms. The van der Waals surface area contributed by atoms with Crippen LogP contribution in [0.4, 0.5) is 0 Å². The van der Waals surface area contributed by atoms with E-state index in [0.29, 0.717) is 24.0 Å². The molecule has 1 atom stereocenters. The molecule has 0 radical (unpaired) electrons. The van der Waals surface area contributed by atoms with Gasteiger partial charge in [-0.15, -0.1) is 0 Å². The summed E-state index contributed by atoms with van der Waals surface area (Å²) in [4.78, 5) is 26.8. The molecule has 3 fully saturated rings. The second-order valence-electron chi connectivity index (χ2n) is 9.20. The zero-order chi connectivity index (χ0) is 20.2. The maximum atomic E-state index is 13.4. The predicted octanol–water partition coefficient (Wildman–Crippen LogP) is 3.37. The Hall–Kier alpha value is -1.53. The van der Waals surface area contributed by atoms with E-state index >= 15 is 0 Å². The number of aromatic nitrogens is 2. The lowest BCUT2D eigenvalue weighted by molar-refractivity contribution is 0.0425. The summed E-state index contributed by atoms with van der Waals surface area (Å²) in [5.41, 5.74) is 1.37. The van der Waals surface area contributed by atoms with Gasteiger partial charge >= 0.3 is 0 Å². The van der Waals surface area contributed by atoms with Crippen LogP contribution in [0.1, 0.15) is 73.4 Å². The summed E-state index contributed by atoms with van der Waals surface area (Å²) in [6.07, 6.45) is 10.2. The van der Waals surface area contributed by atoms with Gasteiger partial charge in [0.2, 0.25) is 0 Å². The van der Waals surface area contributed by atoms with E-state index in [0.717, 1.165) is 37.7 Å². The topological polar surface area (TPSA) is 58.6 Å². The molecule has 0 unspecified atom stereocenters. The van der Waals surface area contributed by atoms with Gasteiger partial charge in [-0.2, -0.15) is 0 Å². The zero-order valence-corrected chi connectivity index (χ0v) is 18.1. The summed E-state index contributed by atoms with van der Waals surface area (Å²) in [6.45, 7) is 8.47. The Kier molecular flexibility index (Phi) is 6.81. The number of nitrogens with zero attached hydrogens (tertiary/aromatic N) is 4. The molecule has 3 heterocycles. The van der Waals surface area contributed by atoms with E-state index in [1.807, 2.05) is 24.8 Å². The van der Waals surface area contributed by atoms with Gasteiger partial charge in [0, 0.05) is 31.4 Å². The highest BCUT2D eigenvalue weighted by molar-refractivity contribution is 5.92. The number of rotatable bonds is 6. The molecular formula is C23H36N4O2. The number of amides is 1. The van der Waals surface area contributed by atoms with Gasteiger partial charge in [0.25, 0.3) is 5.91 Å². The minimum absolute atomic E-state index is 0.0346. The molecule has 0 N–H and O–H groups in total. The second-order valence-corrected chi connectivity index (χ2v) is 9.20. The highest BCUT2D eigenvalue weighted by atomic mass is 16.5. The van der Waals surface area contributed by atoms with Gasteiger partial charge in [-0.25, -0.2) is 9.97 Å². The van der Waals surface area contributed by atoms with Crippen molar-refractivity contribution >= 4 is 5.91 Å². The van der Waals surface area contributed by atoms with E-state index in [1.54, 1.807) is 0 Å². The zero-order valence-electron chi connectivity index (χ0n) is 18.1. The number of hydrogen-bond donors (Lipinski definition) is 0. The summed E-state index contributed by atoms with van der Waals surface area (Å²) in [5, 5.41) is 0. The molecule has 0 bridgehead atoms. The lowest BCUT2D eigenvalue weighted by atomic mass is 9.94. The van der Waals surface area contributed by atoms with Crippen molar-refractivity contribution in [3.8, 4) is 0 Å². The van der Waals surface area contributed by atoms with Gasteiger partial charge in [-0.3, -0.25) is 4.79 Å². The molecule has 2 aliphatic heterocycles. The van der Waals surface area contributed by atoms with Crippen molar-refractivity contribution in [3.63, 3.8) is 0 Å². The largest absolute Gasteiger partial charge is 0.376 e. The average molecular weight is 401 g/mol. The summed E-state index contributed by atoms with van der Waals surface area (Å²) < 4.78 is 5.86. The molecule has 4 rings (SSSR count). The third kappa shape index (κ3) is 5.34. The number of ether oxygens (including phenoxy) is 1. The van der Waals surface area contributed by atoms with Crippen molar-refractivity contribution in [2.75, 3.05) is 32.8 Å². The Balaban J connectivity index is 1.40. The summed E-state index contributed by atoms with van der Waals surface area (Å²) >= 11 is 0. The first-order valence-electron chi connectivity index (χ1n) is 11.6. The first kappa shape index (κ1) is 20.7. The first-order valence-corrected chi connectivity index (χ1v) is 11.6. The fourth-order valence-electron chi connectivity index (χ4n) is 5.34. The number of hydrogen-bond acceptors (Lipinski definition) is 5. The van der Waals surface area contributed by atoms with Crippen LogP contribution in [0.5, 0.6) is 0 Å². The van der Waals surface area contributed by atoms with Crippen molar-refractivity contribution in [2.24, 2.45) is 5.92 Å². The van der Waals surface area contributed by atoms with Crippen molar-refractivity contribution in [1.29, 1.82) is 0 Å². The quantitative estimate of drug-likeness (QED) is 0.733. The number of carbonyl (C=O) groups is 1. The fraction of sp³-hybridized carbons (Fsp3) is 0.783. The number of carbonyl (C=O) groups excluding carboxylic acids is 1. The second kappa shape index (κ2) is 9.52. The first-order chi connectivity index (χ1) is 14.1. The summed E-state index contributed by atoms with van der Waals surface area (Å²) in [6, 6.07) is 2.63. The lowest BCUT2D eigenvalue weighted by Crippen LogP contribution is -2.45. The third-order valence-electron chi connectivity index (χ3n) is 6.89. The Bertz CT molecular complexity index is 670. The fourth-order valence-corrected chi connectivity index (χ4v) is 5.34. The van der Waals surface area contributed by atoms with E-state index in [4.69, 9.17) is 4.74 Å². The smallest absolute Gasteiger partial charge is 0.272 e. The van der Waals surface area contributed by atoms with Crippen molar-refractivity contribution in [1.82, 2.24) is 19.8 Å². The van der Waals surface area contributed by atoms with Crippen LogP contribution in [-0.2, 0) is 4.74 Å². The van der Waals surface area contributed by atoms with Crippen LogP contribution in [0, 0.1) is 19.8 Å². The molecule has 160 valence electrons. The van der Waals surface area contributed by atoms with E-state index in [2.05, 4.69) is 14.9 Å². The molecule has 1 aromatic heterocycles. The molecular weight excluding hydrogens is 364 g/mol. The van der Waals surface area contributed by atoms with Gasteiger partial charge in [-0.05, 0) is 77.4 Å². The molecule has 2 saturated heterocycles. The highest BCUT2D eigenvalue weighted by Crippen LogP contribution is 2.28. The van der Waals surface area contributed by atoms with Gasteiger partial charge < -0.3 is 14.5 Å². The van der Waals surface area contributed by atoms with E-state index < -0.39 is 0 Å². The minimum Gasteiger partial charge on any atom is -0.376 e. The van der Waals surface area contributed by atoms with Crippen LogP contribution in [0.3, 0.4) is 0 Å². The lowest BCUT2D eigenvalue weighted by Gasteiger charge is -2.38. The van der Waals surface area contributed by atoms with Crippen LogP contribution in [0.15, 0.2) is 6.07 Å². The normalized spacial score (nSPS) is 24.3. The van der Waals surface area contributed by atoms with Crippen LogP contribution < -0.4 is 0 Å². The molecule has 1 aromatic rings. The standard InChI is InChI=1S/C23H36N4O2/c1-17-14-22(25-18(2)24-17)23(28)27(16-21-8-5-13-29-21)15-19-9-11-26(12-10-19)20-6-3-4-7-20/h14,19-21H,3-13,15-16H2,1-2H3/t21-/m1/s1. The number of likely N-dealkylation sites (tertiary alicyclic amines) is 1. The Labute approximate surface area is 175 Å². The number of aryl methyl sites for hydroxylation is 2. The molecule has 0 aromatic carbocycles. The third-order valence-corrected chi connectivity index (χ3v) is 6.89. The Morgan fingerprint density at radius 1 is 1.07 bits per heavy atom. The maximum absolute atomic E-state index is 13.4. The molecule has 1 amide bonds. The number of piperidine rings is 1. The van der Waals surface area contributed by atoms with E-state index in [-0.39, 0.29) is 12.0 Å². The van der Waals surface area contributed by atoms with Crippen molar-refractivity contribution in [3.05, 3.63) is 23.3 Å². The molecule has 3 aliphatic rings. The highest BCUT2D eigenvalue weighted by Gasteiger charge is 2.31. The Morgan fingerprint density at radius 3 is 2.48 bits per heavy atom. The van der Waals surface area contributed by atoms with Crippen LogP contribution in [0.2, 0.25) is 0 Å². The van der Waals surface area contributed by atoms with E-state index in [1.165, 1.54) is 51.6 Å². The molecule has 1 aliphatic carbocycles. The SMILES string of the molecule is Cc1cc(C(=O)N(CC2CCN(C3CCCC3)CC2)C[C@H]2CCCO2)nc(C)n1. The van der Waals surface area contributed by atoms with Gasteiger partial charge in [-0.1, -0.05) is 12.8 Å². The predicted molar refractivity (Wildman–Crippen MR) is 113 cm³/mol. The van der Waals surface area contributed by atoms with E-state index in [9.17, 15) is 4.79 Å².